The average Bonchev–Trinajstić information content (AvgIpc) is 3.51. The zero-order chi connectivity index (χ0) is 24.1. The molecule has 1 atom stereocenters. The van der Waals surface area contributed by atoms with Crippen molar-refractivity contribution in [2.45, 2.75) is 26.4 Å². The largest absolute Gasteiger partial charge is 0.505 e. The number of ketones is 1. The number of carbonyl (C=O) groups is 2. The Morgan fingerprint density at radius 2 is 1.91 bits per heavy atom. The van der Waals surface area contributed by atoms with Gasteiger partial charge in [0, 0.05) is 6.20 Å². The number of hydrogen-bond acceptors (Lipinski definition) is 5. The van der Waals surface area contributed by atoms with E-state index >= 15 is 0 Å². The highest BCUT2D eigenvalue weighted by molar-refractivity contribution is 6.46. The first-order valence-electron chi connectivity index (χ1n) is 10.5. The van der Waals surface area contributed by atoms with E-state index in [1.807, 2.05) is 29.7 Å². The van der Waals surface area contributed by atoms with Crippen LogP contribution in [0.2, 0.25) is 10.0 Å². The van der Waals surface area contributed by atoms with E-state index in [0.29, 0.717) is 27.7 Å². The first-order valence-corrected chi connectivity index (χ1v) is 11.2. The fourth-order valence-corrected chi connectivity index (χ4v) is 4.62. The highest BCUT2D eigenvalue weighted by atomic mass is 35.5. The molecule has 1 saturated heterocycles. The Morgan fingerprint density at radius 3 is 2.59 bits per heavy atom. The zero-order valence-electron chi connectivity index (χ0n) is 18.3. The molecule has 5 rings (SSSR count). The minimum absolute atomic E-state index is 0.0303. The van der Waals surface area contributed by atoms with Crippen molar-refractivity contribution in [3.8, 4) is 0 Å². The van der Waals surface area contributed by atoms with Crippen molar-refractivity contribution in [1.82, 2.24) is 14.3 Å². The summed E-state index contributed by atoms with van der Waals surface area (Å²) in [6.07, 6.45) is 3.32. The molecule has 1 N–H and O–H groups in total. The van der Waals surface area contributed by atoms with Crippen LogP contribution in [0.15, 0.2) is 64.9 Å². The number of hydrogen-bond donors (Lipinski definition) is 1. The van der Waals surface area contributed by atoms with E-state index in [1.165, 1.54) is 11.2 Å². The summed E-state index contributed by atoms with van der Waals surface area (Å²) in [5.41, 5.74) is 2.89. The molecule has 1 fully saturated rings. The van der Waals surface area contributed by atoms with E-state index in [1.54, 1.807) is 37.3 Å². The molecule has 1 amide bonds. The number of furan rings is 1. The molecule has 0 aliphatic carbocycles. The van der Waals surface area contributed by atoms with Crippen LogP contribution >= 0.6 is 23.2 Å². The molecule has 0 bridgehead atoms. The lowest BCUT2D eigenvalue weighted by molar-refractivity contribution is -0.140. The second-order valence-electron chi connectivity index (χ2n) is 8.11. The van der Waals surface area contributed by atoms with Gasteiger partial charge >= 0.3 is 0 Å². The van der Waals surface area contributed by atoms with Crippen LogP contribution in [0.25, 0.3) is 11.4 Å². The van der Waals surface area contributed by atoms with Crippen LogP contribution in [0.3, 0.4) is 0 Å². The molecule has 1 aliphatic heterocycles. The van der Waals surface area contributed by atoms with Crippen molar-refractivity contribution in [1.29, 1.82) is 0 Å². The predicted molar refractivity (Wildman–Crippen MR) is 128 cm³/mol. The molecule has 34 heavy (non-hydrogen) atoms. The number of amides is 1. The fraction of sp³-hybridized carbons (Fsp3) is 0.160. The quantitative estimate of drug-likeness (QED) is 0.230. The van der Waals surface area contributed by atoms with Crippen molar-refractivity contribution in [3.63, 3.8) is 0 Å². The summed E-state index contributed by atoms with van der Waals surface area (Å²) in [6.45, 7) is 3.73. The van der Waals surface area contributed by atoms with Crippen molar-refractivity contribution in [3.05, 3.63) is 98.8 Å². The number of nitrogens with zero attached hydrogens (tertiary/aromatic N) is 3. The standard InChI is InChI=1S/C25H19Cl2N3O4/c1-13-5-3-9-29-14(2)20(28-24(13)29)22(31)19-21(15-7-8-17(26)18(27)11-15)30(25(33)23(19)32)12-16-6-4-10-34-16/h3-11,21,31H,12H2,1-2H3/b22-19+. The maximum Gasteiger partial charge on any atom is 0.296 e. The van der Waals surface area contributed by atoms with Crippen LogP contribution in [0.4, 0.5) is 0 Å². The highest BCUT2D eigenvalue weighted by Gasteiger charge is 2.47. The smallest absolute Gasteiger partial charge is 0.296 e. The van der Waals surface area contributed by atoms with Gasteiger partial charge in [0.2, 0.25) is 0 Å². The third-order valence-corrected chi connectivity index (χ3v) is 6.75. The van der Waals surface area contributed by atoms with Crippen LogP contribution in [0, 0.1) is 13.8 Å². The van der Waals surface area contributed by atoms with Gasteiger partial charge < -0.3 is 18.8 Å². The van der Waals surface area contributed by atoms with Gasteiger partial charge in [-0.25, -0.2) is 4.98 Å². The van der Waals surface area contributed by atoms with Crippen molar-refractivity contribution < 1.29 is 19.1 Å². The fourth-order valence-electron chi connectivity index (χ4n) is 4.32. The number of halogens is 2. The van der Waals surface area contributed by atoms with Gasteiger partial charge in [0.25, 0.3) is 11.7 Å². The summed E-state index contributed by atoms with van der Waals surface area (Å²) >= 11 is 12.4. The molecule has 1 unspecified atom stereocenters. The Bertz CT molecular complexity index is 1490. The molecule has 0 saturated carbocycles. The topological polar surface area (TPSA) is 88.0 Å². The van der Waals surface area contributed by atoms with Gasteiger partial charge in [0.1, 0.15) is 17.1 Å². The molecule has 9 heteroatoms. The third kappa shape index (κ3) is 3.48. The summed E-state index contributed by atoms with van der Waals surface area (Å²) < 4.78 is 7.24. The Morgan fingerprint density at radius 1 is 1.12 bits per heavy atom. The van der Waals surface area contributed by atoms with Gasteiger partial charge in [0.05, 0.1) is 40.2 Å². The van der Waals surface area contributed by atoms with E-state index in [-0.39, 0.29) is 28.6 Å². The minimum Gasteiger partial charge on any atom is -0.505 e. The van der Waals surface area contributed by atoms with Crippen LogP contribution in [0.5, 0.6) is 0 Å². The molecular weight excluding hydrogens is 477 g/mol. The average molecular weight is 496 g/mol. The molecule has 4 heterocycles. The summed E-state index contributed by atoms with van der Waals surface area (Å²) in [5, 5.41) is 12.0. The van der Waals surface area contributed by atoms with Gasteiger partial charge in [-0.1, -0.05) is 35.3 Å². The van der Waals surface area contributed by atoms with Gasteiger partial charge in [-0.15, -0.1) is 0 Å². The van der Waals surface area contributed by atoms with Crippen molar-refractivity contribution >= 4 is 46.3 Å². The molecule has 0 spiro atoms. The van der Waals surface area contributed by atoms with E-state index < -0.39 is 17.7 Å². The summed E-state index contributed by atoms with van der Waals surface area (Å²) in [6, 6.07) is 11.1. The molecule has 172 valence electrons. The molecule has 3 aromatic heterocycles. The first-order chi connectivity index (χ1) is 16.3. The summed E-state index contributed by atoms with van der Waals surface area (Å²) in [7, 11) is 0. The minimum atomic E-state index is -0.912. The van der Waals surface area contributed by atoms with E-state index in [9.17, 15) is 14.7 Å². The van der Waals surface area contributed by atoms with Crippen LogP contribution in [-0.2, 0) is 16.1 Å². The number of aryl methyl sites for hydroxylation is 2. The number of rotatable bonds is 4. The SMILES string of the molecule is Cc1cccn2c(C)c(/C(O)=C3\C(=O)C(=O)N(Cc4ccco4)C3c3ccc(Cl)c(Cl)c3)nc12. The van der Waals surface area contributed by atoms with Gasteiger partial charge in [-0.3, -0.25) is 9.59 Å². The maximum absolute atomic E-state index is 13.3. The van der Waals surface area contributed by atoms with Crippen LogP contribution in [0.1, 0.15) is 34.3 Å². The number of carbonyl (C=O) groups excluding carboxylic acids is 2. The second kappa shape index (κ2) is 8.34. The lowest BCUT2D eigenvalue weighted by Crippen LogP contribution is -2.29. The molecule has 7 nitrogen and oxygen atoms in total. The second-order valence-corrected chi connectivity index (χ2v) is 8.92. The molecule has 1 aromatic carbocycles. The van der Waals surface area contributed by atoms with Gasteiger partial charge in [-0.05, 0) is 55.3 Å². The number of Topliss-reactive ketones (excluding diaryl/α,β-unsaturated/α-hetero) is 1. The zero-order valence-corrected chi connectivity index (χ0v) is 19.8. The molecular formula is C25H19Cl2N3O4. The highest BCUT2D eigenvalue weighted by Crippen LogP contribution is 2.42. The van der Waals surface area contributed by atoms with E-state index in [4.69, 9.17) is 27.6 Å². The van der Waals surface area contributed by atoms with Gasteiger partial charge in [0.15, 0.2) is 5.76 Å². The molecule has 0 radical (unpaired) electrons. The summed E-state index contributed by atoms with van der Waals surface area (Å²) in [5.74, 6) is -1.43. The summed E-state index contributed by atoms with van der Waals surface area (Å²) in [4.78, 5) is 32.3. The molecule has 4 aromatic rings. The Hall–Kier alpha value is -3.55. The van der Waals surface area contributed by atoms with Crippen molar-refractivity contribution in [2.75, 3.05) is 0 Å². The maximum atomic E-state index is 13.3. The number of imidazole rings is 1. The monoisotopic (exact) mass is 495 g/mol. The van der Waals surface area contributed by atoms with Gasteiger partial charge in [-0.2, -0.15) is 0 Å². The number of pyridine rings is 1. The lowest BCUT2D eigenvalue weighted by atomic mass is 9.96. The third-order valence-electron chi connectivity index (χ3n) is 6.01. The number of aromatic nitrogens is 2. The van der Waals surface area contributed by atoms with E-state index in [2.05, 4.69) is 4.98 Å². The number of aliphatic hydroxyl groups excluding tert-OH is 1. The Balaban J connectivity index is 1.73. The number of likely N-dealkylation sites (tertiary alicyclic amines) is 1. The Labute approximate surface area is 204 Å². The Kier molecular flexibility index (Phi) is 5.46. The van der Waals surface area contributed by atoms with Crippen LogP contribution < -0.4 is 0 Å². The van der Waals surface area contributed by atoms with Crippen LogP contribution in [-0.4, -0.2) is 31.1 Å². The first kappa shape index (κ1) is 22.3. The number of benzene rings is 1. The number of fused-ring (bicyclic) bond motifs is 1. The molecule has 1 aliphatic rings. The van der Waals surface area contributed by atoms with Crippen molar-refractivity contribution in [2.24, 2.45) is 0 Å². The normalized spacial score (nSPS) is 17.8. The number of aliphatic hydroxyl groups is 1. The lowest BCUT2D eigenvalue weighted by Gasteiger charge is -2.24. The predicted octanol–water partition coefficient (Wildman–Crippen LogP) is 5.47. The van der Waals surface area contributed by atoms with E-state index in [0.717, 1.165) is 5.56 Å².